The lowest BCUT2D eigenvalue weighted by Crippen LogP contribution is -2.48. The number of hydrogen-bond donors (Lipinski definition) is 0. The first-order valence-corrected chi connectivity index (χ1v) is 9.53. The van der Waals surface area contributed by atoms with Crippen molar-refractivity contribution in [1.82, 2.24) is 9.80 Å². The Hall–Kier alpha value is -2.48. The van der Waals surface area contributed by atoms with Gasteiger partial charge in [0.25, 0.3) is 0 Å². The van der Waals surface area contributed by atoms with Gasteiger partial charge in [0.2, 0.25) is 0 Å². The van der Waals surface area contributed by atoms with E-state index >= 15 is 0 Å². The normalized spacial score (nSPS) is 20.0. The minimum absolute atomic E-state index is 0.308. The van der Waals surface area contributed by atoms with Crippen LogP contribution in [0.5, 0.6) is 17.2 Å². The topological polar surface area (TPSA) is 24.9 Å². The molecule has 0 spiro atoms. The summed E-state index contributed by atoms with van der Waals surface area (Å²) in [6.07, 6.45) is 6.42. The highest BCUT2D eigenvalue weighted by molar-refractivity contribution is 5.50. The van der Waals surface area contributed by atoms with Crippen LogP contribution >= 0.6 is 0 Å². The second kappa shape index (κ2) is 7.64. The number of aryl methyl sites for hydroxylation is 1. The zero-order chi connectivity index (χ0) is 18.8. The van der Waals surface area contributed by atoms with Crippen molar-refractivity contribution >= 4 is 0 Å². The summed E-state index contributed by atoms with van der Waals surface area (Å²) in [7, 11) is 1.69. The van der Waals surface area contributed by atoms with Crippen molar-refractivity contribution in [1.29, 1.82) is 0 Å². The lowest BCUT2D eigenvalue weighted by molar-refractivity contribution is 0.104. The fraction of sp³-hybridized carbons (Fsp3) is 0.391. The number of methoxy groups -OCH3 is 1. The zero-order valence-electron chi connectivity index (χ0n) is 16.1. The molecule has 0 radical (unpaired) electrons. The second-order valence-corrected chi connectivity index (χ2v) is 7.35. The Morgan fingerprint density at radius 1 is 1.11 bits per heavy atom. The number of fused-ring (bicyclic) bond motifs is 2. The number of nitrogens with zero attached hydrogens (tertiary/aromatic N) is 2. The third-order valence-corrected chi connectivity index (χ3v) is 5.59. The lowest BCUT2D eigenvalue weighted by atomic mass is 9.95. The Balaban J connectivity index is 1.68. The van der Waals surface area contributed by atoms with Gasteiger partial charge >= 0.3 is 0 Å². The summed E-state index contributed by atoms with van der Waals surface area (Å²) in [6, 6.07) is 12.9. The van der Waals surface area contributed by atoms with Crippen molar-refractivity contribution in [3.05, 3.63) is 53.1 Å². The van der Waals surface area contributed by atoms with Gasteiger partial charge in [-0.2, -0.15) is 0 Å². The van der Waals surface area contributed by atoms with Crippen LogP contribution < -0.4 is 9.47 Å². The smallest absolute Gasteiger partial charge is 0.134 e. The Morgan fingerprint density at radius 2 is 1.93 bits per heavy atom. The number of piperazine rings is 1. The molecule has 0 bridgehead atoms. The van der Waals surface area contributed by atoms with Crippen molar-refractivity contribution in [2.45, 2.75) is 19.4 Å². The van der Waals surface area contributed by atoms with Crippen LogP contribution in [-0.2, 0) is 6.42 Å². The fourth-order valence-electron chi connectivity index (χ4n) is 4.07. The van der Waals surface area contributed by atoms with Crippen LogP contribution in [0.4, 0.5) is 0 Å². The molecule has 2 aromatic carbocycles. The molecular formula is C23H26N2O2. The Morgan fingerprint density at radius 3 is 2.67 bits per heavy atom. The summed E-state index contributed by atoms with van der Waals surface area (Å²) >= 11 is 0. The highest BCUT2D eigenvalue weighted by Crippen LogP contribution is 2.42. The molecule has 1 saturated heterocycles. The van der Waals surface area contributed by atoms with Gasteiger partial charge in [0, 0.05) is 43.9 Å². The van der Waals surface area contributed by atoms with E-state index in [0.29, 0.717) is 6.04 Å². The number of ether oxygens (including phenoxy) is 2. The highest BCUT2D eigenvalue weighted by Gasteiger charge is 2.30. The lowest BCUT2D eigenvalue weighted by Gasteiger charge is -2.39. The molecule has 0 N–H and O–H groups in total. The van der Waals surface area contributed by atoms with Crippen LogP contribution in [0.15, 0.2) is 36.4 Å². The van der Waals surface area contributed by atoms with Gasteiger partial charge in [0.05, 0.1) is 13.7 Å². The standard InChI is InChI=1S/C23H26N2O2/c1-4-9-24-10-12-25(13-11-24)21-15-18-6-7-19(26-3)16-23(18)27-22-8-5-17(2)14-20(21)22/h1,5-8,14,16,21H,9-13,15H2,2-3H3. The Labute approximate surface area is 161 Å². The van der Waals surface area contributed by atoms with Crippen LogP contribution in [0.1, 0.15) is 22.7 Å². The Kier molecular flexibility index (Phi) is 5.07. The van der Waals surface area contributed by atoms with E-state index in [4.69, 9.17) is 15.9 Å². The molecule has 2 aliphatic rings. The van der Waals surface area contributed by atoms with Crippen molar-refractivity contribution in [3.63, 3.8) is 0 Å². The molecule has 2 aliphatic heterocycles. The molecule has 0 aliphatic carbocycles. The molecule has 2 aromatic rings. The molecule has 0 aromatic heterocycles. The van der Waals surface area contributed by atoms with Gasteiger partial charge in [-0.1, -0.05) is 29.7 Å². The summed E-state index contributed by atoms with van der Waals surface area (Å²) in [4.78, 5) is 4.92. The van der Waals surface area contributed by atoms with Crippen LogP contribution in [0.2, 0.25) is 0 Å². The van der Waals surface area contributed by atoms with E-state index in [1.807, 2.05) is 12.1 Å². The van der Waals surface area contributed by atoms with Gasteiger partial charge in [0.15, 0.2) is 0 Å². The second-order valence-electron chi connectivity index (χ2n) is 7.35. The molecule has 1 fully saturated rings. The van der Waals surface area contributed by atoms with Gasteiger partial charge in [-0.05, 0) is 31.0 Å². The van der Waals surface area contributed by atoms with Gasteiger partial charge in [-0.3, -0.25) is 9.80 Å². The van der Waals surface area contributed by atoms with Gasteiger partial charge in [-0.25, -0.2) is 0 Å². The number of hydrogen-bond acceptors (Lipinski definition) is 4. The van der Waals surface area contributed by atoms with Crippen molar-refractivity contribution in [2.24, 2.45) is 0 Å². The predicted molar refractivity (Wildman–Crippen MR) is 108 cm³/mol. The molecule has 4 rings (SSSR count). The van der Waals surface area contributed by atoms with Crippen molar-refractivity contribution in [3.8, 4) is 29.6 Å². The maximum atomic E-state index is 6.34. The monoisotopic (exact) mass is 362 g/mol. The van der Waals surface area contributed by atoms with Crippen molar-refractivity contribution in [2.75, 3.05) is 39.8 Å². The maximum absolute atomic E-state index is 6.34. The Bertz CT molecular complexity index is 863. The van der Waals surface area contributed by atoms with E-state index < -0.39 is 0 Å². The summed E-state index contributed by atoms with van der Waals surface area (Å²) in [6.45, 7) is 6.94. The van der Waals surface area contributed by atoms with E-state index in [9.17, 15) is 0 Å². The number of rotatable bonds is 3. The first kappa shape index (κ1) is 17.9. The fourth-order valence-corrected chi connectivity index (χ4v) is 4.07. The van der Waals surface area contributed by atoms with E-state index in [0.717, 1.165) is 56.4 Å². The molecular weight excluding hydrogens is 336 g/mol. The minimum atomic E-state index is 0.308. The molecule has 4 heteroatoms. The highest BCUT2D eigenvalue weighted by atomic mass is 16.5. The average molecular weight is 362 g/mol. The molecule has 0 saturated carbocycles. The summed E-state index contributed by atoms with van der Waals surface area (Å²) in [5.41, 5.74) is 3.76. The van der Waals surface area contributed by atoms with Crippen LogP contribution in [0, 0.1) is 19.3 Å². The summed E-state index contributed by atoms with van der Waals surface area (Å²) in [5, 5.41) is 0. The van der Waals surface area contributed by atoms with E-state index in [-0.39, 0.29) is 0 Å². The molecule has 4 nitrogen and oxygen atoms in total. The molecule has 1 unspecified atom stereocenters. The summed E-state index contributed by atoms with van der Waals surface area (Å²) in [5.74, 6) is 5.43. The van der Waals surface area contributed by atoms with E-state index in [1.165, 1.54) is 16.7 Å². The van der Waals surface area contributed by atoms with Crippen LogP contribution in [-0.4, -0.2) is 49.6 Å². The van der Waals surface area contributed by atoms with Crippen LogP contribution in [0.25, 0.3) is 0 Å². The summed E-state index contributed by atoms with van der Waals surface area (Å²) < 4.78 is 11.7. The molecule has 0 amide bonds. The van der Waals surface area contributed by atoms with Gasteiger partial charge in [-0.15, -0.1) is 6.42 Å². The third kappa shape index (κ3) is 3.66. The first-order chi connectivity index (χ1) is 13.2. The van der Waals surface area contributed by atoms with Crippen molar-refractivity contribution < 1.29 is 9.47 Å². The van der Waals surface area contributed by atoms with E-state index in [1.54, 1.807) is 7.11 Å². The predicted octanol–water partition coefficient (Wildman–Crippen LogP) is 3.64. The quantitative estimate of drug-likeness (QED) is 0.779. The average Bonchev–Trinajstić information content (AvgIpc) is 2.84. The van der Waals surface area contributed by atoms with Gasteiger partial charge < -0.3 is 9.47 Å². The maximum Gasteiger partial charge on any atom is 0.134 e. The number of terminal acetylenes is 1. The van der Waals surface area contributed by atoms with E-state index in [2.05, 4.69) is 46.9 Å². The first-order valence-electron chi connectivity index (χ1n) is 9.53. The molecule has 2 heterocycles. The SMILES string of the molecule is C#CCN1CCN(C2Cc3ccc(OC)cc3Oc3ccc(C)cc32)CC1. The molecule has 1 atom stereocenters. The molecule has 27 heavy (non-hydrogen) atoms. The van der Waals surface area contributed by atoms with Gasteiger partial charge in [0.1, 0.15) is 17.2 Å². The largest absolute Gasteiger partial charge is 0.497 e. The zero-order valence-corrected chi connectivity index (χ0v) is 16.1. The van der Waals surface area contributed by atoms with Crippen LogP contribution in [0.3, 0.4) is 0 Å². The number of benzene rings is 2. The minimum Gasteiger partial charge on any atom is -0.497 e. The third-order valence-electron chi connectivity index (χ3n) is 5.59. The molecule has 140 valence electrons.